The third-order valence-corrected chi connectivity index (χ3v) is 6.58. The van der Waals surface area contributed by atoms with E-state index in [0.29, 0.717) is 19.8 Å². The fourth-order valence-corrected chi connectivity index (χ4v) is 4.68. The van der Waals surface area contributed by atoms with Crippen molar-refractivity contribution in [2.45, 2.75) is 17.4 Å². The Morgan fingerprint density at radius 2 is 2.00 bits per heavy atom. The highest BCUT2D eigenvalue weighted by molar-refractivity contribution is 7.89. The van der Waals surface area contributed by atoms with Crippen molar-refractivity contribution in [3.05, 3.63) is 17.7 Å². The van der Waals surface area contributed by atoms with Crippen LogP contribution in [0, 0.1) is 0 Å². The Bertz CT molecular complexity index is 786. The van der Waals surface area contributed by atoms with E-state index in [1.807, 2.05) is 0 Å². The highest BCUT2D eigenvalue weighted by Crippen LogP contribution is 2.35. The first-order valence-electron chi connectivity index (χ1n) is 8.83. The van der Waals surface area contributed by atoms with Crippen LogP contribution in [0.25, 0.3) is 0 Å². The summed E-state index contributed by atoms with van der Waals surface area (Å²) < 4.78 is 43.2. The smallest absolute Gasteiger partial charge is 0.255 e. The number of nitrogens with one attached hydrogen (secondary N) is 2. The molecule has 2 N–H and O–H groups in total. The molecule has 150 valence electrons. The lowest BCUT2D eigenvalue weighted by Crippen LogP contribution is -2.40. The van der Waals surface area contributed by atoms with Crippen LogP contribution in [0.5, 0.6) is 11.5 Å². The van der Waals surface area contributed by atoms with Gasteiger partial charge in [-0.1, -0.05) is 0 Å². The second kappa shape index (κ2) is 8.42. The minimum atomic E-state index is -3.78. The second-order valence-electron chi connectivity index (χ2n) is 6.39. The predicted molar refractivity (Wildman–Crippen MR) is 97.9 cm³/mol. The zero-order valence-electron chi connectivity index (χ0n) is 15.5. The van der Waals surface area contributed by atoms with Gasteiger partial charge in [0.25, 0.3) is 5.91 Å². The van der Waals surface area contributed by atoms with E-state index in [1.165, 1.54) is 30.7 Å². The number of carbonyl (C=O) groups excluding carboxylic acids is 1. The van der Waals surface area contributed by atoms with Gasteiger partial charge in [-0.3, -0.25) is 4.79 Å². The van der Waals surface area contributed by atoms with Gasteiger partial charge in [-0.25, -0.2) is 8.42 Å². The van der Waals surface area contributed by atoms with E-state index in [1.54, 1.807) is 0 Å². The minimum Gasteiger partial charge on any atom is -0.493 e. The second-order valence-corrected chi connectivity index (χ2v) is 8.32. The van der Waals surface area contributed by atoms with Crippen molar-refractivity contribution in [2.75, 3.05) is 53.6 Å². The Balaban J connectivity index is 1.98. The molecule has 0 saturated carbocycles. The van der Waals surface area contributed by atoms with Crippen LogP contribution in [0.2, 0.25) is 0 Å². The quantitative estimate of drug-likeness (QED) is 0.683. The summed E-state index contributed by atoms with van der Waals surface area (Å²) in [4.78, 5) is 12.8. The molecule has 3 rings (SSSR count). The molecule has 0 bridgehead atoms. The molecule has 1 aromatic rings. The largest absolute Gasteiger partial charge is 0.493 e. The number of ether oxygens (including phenoxy) is 3. The number of morpholine rings is 1. The van der Waals surface area contributed by atoms with Gasteiger partial charge in [0.05, 0.1) is 37.9 Å². The monoisotopic (exact) mass is 399 g/mol. The summed E-state index contributed by atoms with van der Waals surface area (Å²) in [6, 6.07) is 2.73. The fraction of sp³-hybridized carbons (Fsp3) is 0.588. The normalized spacial score (nSPS) is 21.0. The van der Waals surface area contributed by atoms with Crippen molar-refractivity contribution in [1.82, 2.24) is 14.9 Å². The Hall–Kier alpha value is -1.88. The molecule has 1 aromatic carbocycles. The minimum absolute atomic E-state index is 0.00301. The molecule has 2 aliphatic heterocycles. The zero-order valence-corrected chi connectivity index (χ0v) is 16.3. The van der Waals surface area contributed by atoms with Gasteiger partial charge < -0.3 is 24.8 Å². The van der Waals surface area contributed by atoms with Gasteiger partial charge in [0.1, 0.15) is 0 Å². The van der Waals surface area contributed by atoms with Crippen molar-refractivity contribution in [3.8, 4) is 11.5 Å². The number of benzene rings is 1. The third kappa shape index (κ3) is 4.18. The lowest BCUT2D eigenvalue weighted by Gasteiger charge is -2.26. The van der Waals surface area contributed by atoms with Gasteiger partial charge in [0.2, 0.25) is 10.0 Å². The molecule has 0 radical (unpaired) electrons. The SMILES string of the molecule is COc1cc(S(=O)(=O)N2CCOCC2)cc(C(=O)NC2CCNC2)c1OC. The Labute approximate surface area is 159 Å². The molecular formula is C17H25N3O6S. The van der Waals surface area contributed by atoms with Crippen molar-refractivity contribution < 1.29 is 27.4 Å². The van der Waals surface area contributed by atoms with E-state index in [9.17, 15) is 13.2 Å². The topological polar surface area (TPSA) is 106 Å². The van der Waals surface area contributed by atoms with Crippen LogP contribution in [0.4, 0.5) is 0 Å². The van der Waals surface area contributed by atoms with Gasteiger partial charge in [-0.05, 0) is 19.0 Å². The van der Waals surface area contributed by atoms with Gasteiger partial charge >= 0.3 is 0 Å². The summed E-state index contributed by atoms with van der Waals surface area (Å²) in [6.45, 7) is 2.73. The van der Waals surface area contributed by atoms with Crippen LogP contribution in [0.3, 0.4) is 0 Å². The van der Waals surface area contributed by atoms with E-state index in [0.717, 1.165) is 13.0 Å². The first-order chi connectivity index (χ1) is 13.0. The molecule has 10 heteroatoms. The van der Waals surface area contributed by atoms with Crippen LogP contribution in [0.1, 0.15) is 16.8 Å². The van der Waals surface area contributed by atoms with Gasteiger partial charge in [0.15, 0.2) is 11.5 Å². The van der Waals surface area contributed by atoms with Crippen LogP contribution in [-0.4, -0.2) is 78.3 Å². The molecule has 1 unspecified atom stereocenters. The standard InChI is InChI=1S/C17H25N3O6S/c1-24-15-10-13(27(22,23)20-5-7-26-8-6-20)9-14(16(15)25-2)17(21)19-12-3-4-18-11-12/h9-10,12,18H,3-8,11H2,1-2H3,(H,19,21). The molecular weight excluding hydrogens is 374 g/mol. The van der Waals surface area contributed by atoms with E-state index in [-0.39, 0.29) is 41.1 Å². The molecule has 1 amide bonds. The van der Waals surface area contributed by atoms with E-state index < -0.39 is 15.9 Å². The number of carbonyl (C=O) groups is 1. The average Bonchev–Trinajstić information content (AvgIpc) is 3.20. The zero-order chi connectivity index (χ0) is 19.4. The summed E-state index contributed by atoms with van der Waals surface area (Å²) in [5.41, 5.74) is 0.135. The van der Waals surface area contributed by atoms with Crippen LogP contribution in [-0.2, 0) is 14.8 Å². The Morgan fingerprint density at radius 1 is 1.26 bits per heavy atom. The number of rotatable bonds is 6. The number of hydrogen-bond acceptors (Lipinski definition) is 7. The third-order valence-electron chi connectivity index (χ3n) is 4.70. The molecule has 2 aliphatic rings. The first-order valence-corrected chi connectivity index (χ1v) is 10.3. The summed E-state index contributed by atoms with van der Waals surface area (Å²) in [5, 5.41) is 6.09. The number of sulfonamides is 1. The lowest BCUT2D eigenvalue weighted by molar-refractivity contribution is 0.0730. The first kappa shape index (κ1) is 19.9. The van der Waals surface area contributed by atoms with Crippen molar-refractivity contribution in [3.63, 3.8) is 0 Å². The summed E-state index contributed by atoms with van der Waals surface area (Å²) in [6.07, 6.45) is 0.816. The summed E-state index contributed by atoms with van der Waals surface area (Å²) in [7, 11) is -0.951. The van der Waals surface area contributed by atoms with Crippen molar-refractivity contribution in [2.24, 2.45) is 0 Å². The maximum Gasteiger partial charge on any atom is 0.255 e. The van der Waals surface area contributed by atoms with Crippen LogP contribution >= 0.6 is 0 Å². The fourth-order valence-electron chi connectivity index (χ4n) is 3.23. The number of amides is 1. The van der Waals surface area contributed by atoms with Crippen LogP contribution < -0.4 is 20.1 Å². The molecule has 27 heavy (non-hydrogen) atoms. The maximum atomic E-state index is 13.0. The molecule has 0 aromatic heterocycles. The predicted octanol–water partition coefficient (Wildman–Crippen LogP) is -0.184. The highest BCUT2D eigenvalue weighted by atomic mass is 32.2. The van der Waals surface area contributed by atoms with Gasteiger partial charge in [-0.2, -0.15) is 4.31 Å². The molecule has 2 heterocycles. The molecule has 0 aliphatic carbocycles. The maximum absolute atomic E-state index is 13.0. The molecule has 0 spiro atoms. The van der Waals surface area contributed by atoms with E-state index >= 15 is 0 Å². The van der Waals surface area contributed by atoms with Crippen molar-refractivity contribution >= 4 is 15.9 Å². The molecule has 1 atom stereocenters. The van der Waals surface area contributed by atoms with Crippen LogP contribution in [0.15, 0.2) is 17.0 Å². The van der Waals surface area contributed by atoms with E-state index in [2.05, 4.69) is 10.6 Å². The Kier molecular flexibility index (Phi) is 6.20. The van der Waals surface area contributed by atoms with Gasteiger partial charge in [0, 0.05) is 31.7 Å². The van der Waals surface area contributed by atoms with E-state index in [4.69, 9.17) is 14.2 Å². The number of methoxy groups -OCH3 is 2. The lowest BCUT2D eigenvalue weighted by atomic mass is 10.1. The highest BCUT2D eigenvalue weighted by Gasteiger charge is 2.30. The number of nitrogens with zero attached hydrogens (tertiary/aromatic N) is 1. The molecule has 2 fully saturated rings. The molecule has 9 nitrogen and oxygen atoms in total. The average molecular weight is 399 g/mol. The molecule has 2 saturated heterocycles. The van der Waals surface area contributed by atoms with Gasteiger partial charge in [-0.15, -0.1) is 0 Å². The van der Waals surface area contributed by atoms with Crippen molar-refractivity contribution in [1.29, 1.82) is 0 Å². The Morgan fingerprint density at radius 3 is 2.59 bits per heavy atom. The summed E-state index contributed by atoms with van der Waals surface area (Å²) >= 11 is 0. The summed E-state index contributed by atoms with van der Waals surface area (Å²) in [5.74, 6) is 0.0151. The number of hydrogen-bond donors (Lipinski definition) is 2.